The molecule has 0 aliphatic heterocycles. The highest BCUT2D eigenvalue weighted by Gasteiger charge is 2.33. The molecule has 188 valence electrons. The van der Waals surface area contributed by atoms with E-state index in [0.717, 1.165) is 0 Å². The zero-order valence-corrected chi connectivity index (χ0v) is 20.0. The van der Waals surface area contributed by atoms with Crippen molar-refractivity contribution < 1.29 is 27.5 Å². The maximum Gasteiger partial charge on any atom is 0.523 e. The molecule has 0 bridgehead atoms. The highest BCUT2D eigenvalue weighted by atomic mass is 32.1. The first kappa shape index (κ1) is 25.5. The minimum absolute atomic E-state index is 0.0468. The van der Waals surface area contributed by atoms with Gasteiger partial charge in [0, 0.05) is 25.4 Å². The van der Waals surface area contributed by atoms with Gasteiger partial charge in [-0.1, -0.05) is 30.4 Å². The van der Waals surface area contributed by atoms with Gasteiger partial charge >= 0.3 is 6.36 Å². The van der Waals surface area contributed by atoms with Crippen LogP contribution in [0.4, 0.5) is 13.2 Å². The van der Waals surface area contributed by atoms with Crippen molar-refractivity contribution >= 4 is 39.8 Å². The van der Waals surface area contributed by atoms with Gasteiger partial charge in [0.25, 0.3) is 5.91 Å². The maximum absolute atomic E-state index is 12.9. The largest absolute Gasteiger partial charge is 0.523 e. The first-order valence-electron chi connectivity index (χ1n) is 11.1. The molecule has 1 aromatic carbocycles. The van der Waals surface area contributed by atoms with Crippen LogP contribution < -0.4 is 10.1 Å². The molecule has 3 aromatic rings. The molecule has 8 nitrogen and oxygen atoms in total. The number of nitrogens with zero attached hydrogens (tertiary/aromatic N) is 4. The van der Waals surface area contributed by atoms with E-state index in [1.165, 1.54) is 30.5 Å². The lowest BCUT2D eigenvalue weighted by Crippen LogP contribution is -2.25. The van der Waals surface area contributed by atoms with Crippen molar-refractivity contribution in [3.63, 3.8) is 0 Å². The van der Waals surface area contributed by atoms with Gasteiger partial charge in [-0.05, 0) is 30.5 Å². The molecule has 1 unspecified atom stereocenters. The van der Waals surface area contributed by atoms with Crippen LogP contribution in [0.25, 0.3) is 16.6 Å². The fourth-order valence-electron chi connectivity index (χ4n) is 3.62. The molecule has 2 amide bonds. The summed E-state index contributed by atoms with van der Waals surface area (Å²) in [5.41, 5.74) is 2.70. The summed E-state index contributed by atoms with van der Waals surface area (Å²) in [6.07, 6.45) is 0.729. The maximum atomic E-state index is 12.9. The molecular formula is C24H22F3N5O3S. The van der Waals surface area contributed by atoms with E-state index in [-0.39, 0.29) is 18.0 Å². The number of alkyl halides is 3. The van der Waals surface area contributed by atoms with Crippen LogP contribution in [0.15, 0.2) is 59.1 Å². The lowest BCUT2D eigenvalue weighted by molar-refractivity contribution is -0.335. The Morgan fingerprint density at radius 2 is 2.06 bits per heavy atom. The van der Waals surface area contributed by atoms with Crippen molar-refractivity contribution in [2.24, 2.45) is 4.99 Å². The third-order valence-electron chi connectivity index (χ3n) is 5.24. The number of thiazole rings is 1. The minimum Gasteiger partial charge on any atom is -0.356 e. The van der Waals surface area contributed by atoms with Gasteiger partial charge in [-0.3, -0.25) is 19.3 Å². The van der Waals surface area contributed by atoms with E-state index in [0.29, 0.717) is 46.6 Å². The fourth-order valence-corrected chi connectivity index (χ4v) is 4.55. The SMILES string of the molecule is CC(=O)NCCCn1c(C2=CCC(OC(F)(F)F)C=C2)csc1=NC(=O)c1cnc2ccccc2n1. The Hall–Kier alpha value is -3.64. The number of carbonyl (C=O) groups is 2. The summed E-state index contributed by atoms with van der Waals surface area (Å²) in [6, 6.07) is 7.17. The molecule has 0 spiro atoms. The lowest BCUT2D eigenvalue weighted by Gasteiger charge is -2.19. The molecule has 4 rings (SSSR count). The van der Waals surface area contributed by atoms with E-state index in [1.807, 2.05) is 6.07 Å². The molecule has 1 aliphatic carbocycles. The molecule has 1 aliphatic rings. The number of para-hydroxylation sites is 2. The Balaban J connectivity index is 1.62. The summed E-state index contributed by atoms with van der Waals surface area (Å²) >= 11 is 1.23. The topological polar surface area (TPSA) is 98.5 Å². The fraction of sp³-hybridized carbons (Fsp3) is 0.292. The predicted octanol–water partition coefficient (Wildman–Crippen LogP) is 4.01. The Bertz CT molecular complexity index is 1410. The summed E-state index contributed by atoms with van der Waals surface area (Å²) in [7, 11) is 0. The number of nitrogens with one attached hydrogen (secondary N) is 1. The molecule has 0 saturated carbocycles. The van der Waals surface area contributed by atoms with Crippen LogP contribution in [0.3, 0.4) is 0 Å². The van der Waals surface area contributed by atoms with Crippen molar-refractivity contribution in [3.8, 4) is 0 Å². The zero-order chi connectivity index (χ0) is 25.7. The van der Waals surface area contributed by atoms with Crippen LogP contribution in [0.2, 0.25) is 0 Å². The molecule has 36 heavy (non-hydrogen) atoms. The lowest BCUT2D eigenvalue weighted by atomic mass is 10.0. The first-order valence-corrected chi connectivity index (χ1v) is 11.9. The van der Waals surface area contributed by atoms with E-state index in [9.17, 15) is 22.8 Å². The van der Waals surface area contributed by atoms with Crippen LogP contribution in [-0.4, -0.2) is 45.4 Å². The van der Waals surface area contributed by atoms with Crippen molar-refractivity contribution in [1.82, 2.24) is 19.9 Å². The first-order chi connectivity index (χ1) is 17.2. The normalized spacial score (nSPS) is 16.3. The number of fused-ring (bicyclic) bond motifs is 1. The quantitative estimate of drug-likeness (QED) is 0.478. The second kappa shape index (κ2) is 11.0. The molecule has 0 saturated heterocycles. The monoisotopic (exact) mass is 517 g/mol. The third-order valence-corrected chi connectivity index (χ3v) is 6.10. The van der Waals surface area contributed by atoms with Gasteiger partial charge in [-0.15, -0.1) is 24.5 Å². The van der Waals surface area contributed by atoms with Gasteiger partial charge in [0.1, 0.15) is 5.69 Å². The molecule has 0 fully saturated rings. The molecule has 2 aromatic heterocycles. The number of hydrogen-bond donors (Lipinski definition) is 1. The van der Waals surface area contributed by atoms with Crippen LogP contribution in [-0.2, 0) is 16.1 Å². The van der Waals surface area contributed by atoms with Gasteiger partial charge in [-0.25, -0.2) is 4.98 Å². The third kappa shape index (κ3) is 6.52. The van der Waals surface area contributed by atoms with Crippen LogP contribution >= 0.6 is 11.3 Å². The number of rotatable bonds is 7. The number of aromatic nitrogens is 3. The number of amides is 2. The van der Waals surface area contributed by atoms with Crippen molar-refractivity contribution in [1.29, 1.82) is 0 Å². The standard InChI is InChI=1S/C24H22F3N5O3S/c1-15(33)28-11-4-12-32-21(16-7-9-17(10-8-16)35-24(25,26)27)14-36-23(32)31-22(34)20-13-29-18-5-2-3-6-19(18)30-20/h2-3,5-9,13-14,17H,4,10-12H2,1H3,(H,28,33). The summed E-state index contributed by atoms with van der Waals surface area (Å²) in [4.78, 5) is 37.4. The molecule has 0 radical (unpaired) electrons. The van der Waals surface area contributed by atoms with Crippen LogP contribution in [0, 0.1) is 0 Å². The molecule has 12 heteroatoms. The molecular weight excluding hydrogens is 495 g/mol. The van der Waals surface area contributed by atoms with Crippen LogP contribution in [0.1, 0.15) is 35.9 Å². The Morgan fingerprint density at radius 3 is 2.75 bits per heavy atom. The minimum atomic E-state index is -4.72. The van der Waals surface area contributed by atoms with Gasteiger partial charge < -0.3 is 9.88 Å². The highest BCUT2D eigenvalue weighted by molar-refractivity contribution is 7.07. The van der Waals surface area contributed by atoms with E-state index in [2.05, 4.69) is 25.0 Å². The zero-order valence-electron chi connectivity index (χ0n) is 19.2. The number of halogens is 3. The van der Waals surface area contributed by atoms with E-state index in [4.69, 9.17) is 0 Å². The second-order valence-corrected chi connectivity index (χ2v) is 8.75. The van der Waals surface area contributed by atoms with Crippen molar-refractivity contribution in [3.05, 3.63) is 70.3 Å². The van der Waals surface area contributed by atoms with E-state index < -0.39 is 18.4 Å². The van der Waals surface area contributed by atoms with Crippen molar-refractivity contribution in [2.45, 2.75) is 38.8 Å². The summed E-state index contributed by atoms with van der Waals surface area (Å²) in [5.74, 6) is -0.724. The number of allylic oxidation sites excluding steroid dienone is 2. The Kier molecular flexibility index (Phi) is 7.75. The van der Waals surface area contributed by atoms with Gasteiger partial charge in [0.15, 0.2) is 4.80 Å². The number of carbonyl (C=O) groups excluding carboxylic acids is 2. The highest BCUT2D eigenvalue weighted by Crippen LogP contribution is 2.27. The molecule has 2 heterocycles. The van der Waals surface area contributed by atoms with E-state index >= 15 is 0 Å². The summed E-state index contributed by atoms with van der Waals surface area (Å²) in [6.45, 7) is 2.25. The number of ether oxygens (including phenoxy) is 1. The number of hydrogen-bond acceptors (Lipinski definition) is 6. The second-order valence-electron chi connectivity index (χ2n) is 7.91. The van der Waals surface area contributed by atoms with Crippen molar-refractivity contribution in [2.75, 3.05) is 6.54 Å². The Morgan fingerprint density at radius 1 is 1.28 bits per heavy atom. The molecule has 1 N–H and O–H groups in total. The predicted molar refractivity (Wildman–Crippen MR) is 128 cm³/mol. The van der Waals surface area contributed by atoms with E-state index in [1.54, 1.807) is 40.3 Å². The Labute approximate surface area is 207 Å². The van der Waals surface area contributed by atoms with Gasteiger partial charge in [0.05, 0.1) is 29.0 Å². The molecule has 1 atom stereocenters. The smallest absolute Gasteiger partial charge is 0.356 e. The van der Waals surface area contributed by atoms with Gasteiger partial charge in [-0.2, -0.15) is 4.99 Å². The summed E-state index contributed by atoms with van der Waals surface area (Å²) in [5, 5.41) is 4.51. The van der Waals surface area contributed by atoms with Crippen LogP contribution in [0.5, 0.6) is 0 Å². The van der Waals surface area contributed by atoms with Gasteiger partial charge in [0.2, 0.25) is 5.91 Å². The average molecular weight is 518 g/mol. The summed E-state index contributed by atoms with van der Waals surface area (Å²) < 4.78 is 43.5. The number of benzene rings is 1. The average Bonchev–Trinajstić information content (AvgIpc) is 3.23.